The maximum atomic E-state index is 10.9. The van der Waals surface area contributed by atoms with Crippen molar-refractivity contribution in [2.45, 2.75) is 25.3 Å². The Kier molecular flexibility index (Phi) is 1.92. The average Bonchev–Trinajstić information content (AvgIpc) is 2.59. The third-order valence-corrected chi connectivity index (χ3v) is 3.14. The van der Waals surface area contributed by atoms with Crippen molar-refractivity contribution >= 4 is 17.0 Å². The summed E-state index contributed by atoms with van der Waals surface area (Å²) in [5.41, 5.74) is 1.87. The molecule has 5 nitrogen and oxygen atoms in total. The fraction of sp³-hybridized carbons (Fsp3) is 0.364. The molecule has 1 heterocycles. The number of carbonyl (C=O) groups is 1. The molecule has 1 saturated carbocycles. The minimum absolute atomic E-state index is 0.287. The minimum Gasteiger partial charge on any atom is -0.478 e. The summed E-state index contributed by atoms with van der Waals surface area (Å²) in [4.78, 5) is 10.9. The SMILES string of the molecule is O=C(O)c1ccc2nnn(C3CCC3)c2c1. The van der Waals surface area contributed by atoms with Crippen molar-refractivity contribution in [3.8, 4) is 0 Å². The third-order valence-electron chi connectivity index (χ3n) is 3.14. The van der Waals surface area contributed by atoms with Crippen molar-refractivity contribution in [1.29, 1.82) is 0 Å². The zero-order valence-electron chi connectivity index (χ0n) is 8.63. The molecule has 1 fully saturated rings. The fourth-order valence-electron chi connectivity index (χ4n) is 1.97. The summed E-state index contributed by atoms with van der Waals surface area (Å²) in [5, 5.41) is 17.1. The van der Waals surface area contributed by atoms with Gasteiger partial charge in [-0.15, -0.1) is 5.10 Å². The predicted molar refractivity (Wildman–Crippen MR) is 57.4 cm³/mol. The van der Waals surface area contributed by atoms with Crippen LogP contribution >= 0.6 is 0 Å². The standard InChI is InChI=1S/C11H11N3O2/c15-11(16)7-4-5-9-10(6-7)14(13-12-9)8-2-1-3-8/h4-6,8H,1-3H2,(H,15,16). The summed E-state index contributed by atoms with van der Waals surface area (Å²) in [6, 6.07) is 5.32. The monoisotopic (exact) mass is 217 g/mol. The van der Waals surface area contributed by atoms with Crippen LogP contribution in [0.25, 0.3) is 11.0 Å². The number of hydrogen-bond acceptors (Lipinski definition) is 3. The summed E-state index contributed by atoms with van der Waals surface area (Å²) >= 11 is 0. The van der Waals surface area contributed by atoms with Crippen molar-refractivity contribution in [3.63, 3.8) is 0 Å². The second-order valence-electron chi connectivity index (χ2n) is 4.13. The van der Waals surface area contributed by atoms with Crippen LogP contribution in [-0.4, -0.2) is 26.1 Å². The van der Waals surface area contributed by atoms with Gasteiger partial charge in [-0.3, -0.25) is 0 Å². The van der Waals surface area contributed by atoms with Crippen LogP contribution in [-0.2, 0) is 0 Å². The maximum Gasteiger partial charge on any atom is 0.335 e. The first-order valence-electron chi connectivity index (χ1n) is 5.34. The van der Waals surface area contributed by atoms with Crippen LogP contribution in [0.2, 0.25) is 0 Å². The van der Waals surface area contributed by atoms with Gasteiger partial charge in [-0.1, -0.05) is 5.21 Å². The highest BCUT2D eigenvalue weighted by atomic mass is 16.4. The van der Waals surface area contributed by atoms with Gasteiger partial charge in [0.15, 0.2) is 0 Å². The Morgan fingerprint density at radius 2 is 2.25 bits per heavy atom. The van der Waals surface area contributed by atoms with E-state index in [0.717, 1.165) is 23.9 Å². The van der Waals surface area contributed by atoms with Gasteiger partial charge >= 0.3 is 5.97 Å². The molecule has 0 saturated heterocycles. The lowest BCUT2D eigenvalue weighted by atomic mass is 9.93. The number of aromatic carboxylic acids is 1. The average molecular weight is 217 g/mol. The Hall–Kier alpha value is -1.91. The molecule has 1 aliphatic rings. The van der Waals surface area contributed by atoms with Gasteiger partial charge < -0.3 is 5.11 Å². The highest BCUT2D eigenvalue weighted by molar-refractivity contribution is 5.92. The topological polar surface area (TPSA) is 68.0 Å². The smallest absolute Gasteiger partial charge is 0.335 e. The van der Waals surface area contributed by atoms with E-state index in [9.17, 15) is 4.79 Å². The van der Waals surface area contributed by atoms with Gasteiger partial charge in [0.05, 0.1) is 17.1 Å². The van der Waals surface area contributed by atoms with Crippen LogP contribution in [0.15, 0.2) is 18.2 Å². The number of rotatable bonds is 2. The second-order valence-corrected chi connectivity index (χ2v) is 4.13. The van der Waals surface area contributed by atoms with Crippen LogP contribution in [0.4, 0.5) is 0 Å². The van der Waals surface area contributed by atoms with Crippen LogP contribution < -0.4 is 0 Å². The van der Waals surface area contributed by atoms with Gasteiger partial charge in [0.25, 0.3) is 0 Å². The number of carboxylic acids is 1. The Morgan fingerprint density at radius 3 is 2.88 bits per heavy atom. The molecular formula is C11H11N3O2. The number of carboxylic acid groups (broad SMARTS) is 1. The van der Waals surface area contributed by atoms with Gasteiger partial charge in [-0.05, 0) is 37.5 Å². The van der Waals surface area contributed by atoms with Gasteiger partial charge in [-0.2, -0.15) is 0 Å². The lowest BCUT2D eigenvalue weighted by molar-refractivity contribution is 0.0697. The Labute approximate surface area is 91.7 Å². The number of hydrogen-bond donors (Lipinski definition) is 1. The Morgan fingerprint density at radius 1 is 1.44 bits per heavy atom. The van der Waals surface area contributed by atoms with Crippen molar-refractivity contribution in [2.24, 2.45) is 0 Å². The molecule has 0 radical (unpaired) electrons. The quantitative estimate of drug-likeness (QED) is 0.833. The highest BCUT2D eigenvalue weighted by Gasteiger charge is 2.22. The molecule has 0 amide bonds. The minimum atomic E-state index is -0.914. The molecule has 5 heteroatoms. The zero-order chi connectivity index (χ0) is 11.1. The van der Waals surface area contributed by atoms with Crippen molar-refractivity contribution in [2.75, 3.05) is 0 Å². The fourth-order valence-corrected chi connectivity index (χ4v) is 1.97. The summed E-state index contributed by atoms with van der Waals surface area (Å²) < 4.78 is 1.85. The normalized spacial score (nSPS) is 16.2. The molecule has 0 unspecified atom stereocenters. The number of fused-ring (bicyclic) bond motifs is 1. The molecule has 1 aliphatic carbocycles. The van der Waals surface area contributed by atoms with Crippen LogP contribution in [0.5, 0.6) is 0 Å². The maximum absolute atomic E-state index is 10.9. The third kappa shape index (κ3) is 1.28. The van der Waals surface area contributed by atoms with Crippen LogP contribution in [0.1, 0.15) is 35.7 Å². The molecule has 0 atom stereocenters. The van der Waals surface area contributed by atoms with E-state index in [1.165, 1.54) is 6.42 Å². The molecule has 1 aromatic heterocycles. The molecule has 16 heavy (non-hydrogen) atoms. The molecule has 82 valence electrons. The number of benzene rings is 1. The summed E-state index contributed by atoms with van der Waals surface area (Å²) in [6.45, 7) is 0. The molecule has 1 N–H and O–H groups in total. The summed E-state index contributed by atoms with van der Waals surface area (Å²) in [6.07, 6.45) is 3.43. The van der Waals surface area contributed by atoms with Crippen LogP contribution in [0, 0.1) is 0 Å². The van der Waals surface area contributed by atoms with Crippen molar-refractivity contribution in [1.82, 2.24) is 15.0 Å². The van der Waals surface area contributed by atoms with E-state index in [4.69, 9.17) is 5.11 Å². The number of aromatic nitrogens is 3. The zero-order valence-corrected chi connectivity index (χ0v) is 8.63. The molecule has 0 spiro atoms. The highest BCUT2D eigenvalue weighted by Crippen LogP contribution is 2.32. The van der Waals surface area contributed by atoms with Crippen molar-refractivity contribution < 1.29 is 9.90 Å². The first-order valence-corrected chi connectivity index (χ1v) is 5.34. The molecular weight excluding hydrogens is 206 g/mol. The largest absolute Gasteiger partial charge is 0.478 e. The molecule has 1 aromatic carbocycles. The van der Waals surface area contributed by atoms with Crippen molar-refractivity contribution in [3.05, 3.63) is 23.8 Å². The van der Waals surface area contributed by atoms with E-state index in [-0.39, 0.29) is 5.56 Å². The van der Waals surface area contributed by atoms with E-state index >= 15 is 0 Å². The summed E-state index contributed by atoms with van der Waals surface area (Å²) in [7, 11) is 0. The number of nitrogens with zero attached hydrogens (tertiary/aromatic N) is 3. The molecule has 2 aromatic rings. The van der Waals surface area contributed by atoms with Gasteiger partial charge in [0.1, 0.15) is 5.52 Å². The lowest BCUT2D eigenvalue weighted by Crippen LogP contribution is -2.18. The van der Waals surface area contributed by atoms with E-state index in [2.05, 4.69) is 10.3 Å². The summed E-state index contributed by atoms with van der Waals surface area (Å²) in [5.74, 6) is -0.914. The molecule has 0 bridgehead atoms. The lowest BCUT2D eigenvalue weighted by Gasteiger charge is -2.25. The Balaban J connectivity index is 2.15. The van der Waals surface area contributed by atoms with Gasteiger partial charge in [0.2, 0.25) is 0 Å². The van der Waals surface area contributed by atoms with Gasteiger partial charge in [0, 0.05) is 0 Å². The first-order chi connectivity index (χ1) is 7.75. The molecule has 0 aliphatic heterocycles. The second kappa shape index (κ2) is 3.30. The predicted octanol–water partition coefficient (Wildman–Crippen LogP) is 1.85. The van der Waals surface area contributed by atoms with E-state index in [1.807, 2.05) is 4.68 Å². The van der Waals surface area contributed by atoms with E-state index in [0.29, 0.717) is 6.04 Å². The Bertz CT molecular complexity index is 557. The first kappa shape index (κ1) is 9.33. The van der Waals surface area contributed by atoms with E-state index < -0.39 is 5.97 Å². The van der Waals surface area contributed by atoms with E-state index in [1.54, 1.807) is 18.2 Å². The molecule has 3 rings (SSSR count). The van der Waals surface area contributed by atoms with Gasteiger partial charge in [-0.25, -0.2) is 9.48 Å². The van der Waals surface area contributed by atoms with Crippen LogP contribution in [0.3, 0.4) is 0 Å².